The molecule has 8 nitrogen and oxygen atoms in total. The Bertz CT molecular complexity index is 1170. The third-order valence-electron chi connectivity index (χ3n) is 7.36. The van der Waals surface area contributed by atoms with E-state index in [9.17, 15) is 14.7 Å². The van der Waals surface area contributed by atoms with Crippen molar-refractivity contribution in [2.75, 3.05) is 11.9 Å². The van der Waals surface area contributed by atoms with Crippen molar-refractivity contribution >= 4 is 17.5 Å². The smallest absolute Gasteiger partial charge is 0.259 e. The van der Waals surface area contributed by atoms with Crippen LogP contribution in [0.25, 0.3) is 0 Å². The van der Waals surface area contributed by atoms with Crippen molar-refractivity contribution in [2.24, 2.45) is 5.92 Å². The molecule has 8 heteroatoms. The summed E-state index contributed by atoms with van der Waals surface area (Å²) in [5, 5.41) is 18.8. The lowest BCUT2D eigenvalue weighted by molar-refractivity contribution is -0.155. The minimum Gasteiger partial charge on any atom is -0.469 e. The molecule has 1 saturated carbocycles. The number of rotatable bonds is 5. The largest absolute Gasteiger partial charge is 0.469 e. The third kappa shape index (κ3) is 4.14. The van der Waals surface area contributed by atoms with Gasteiger partial charge >= 0.3 is 0 Å². The van der Waals surface area contributed by atoms with Crippen molar-refractivity contribution in [3.8, 4) is 0 Å². The molecule has 3 atom stereocenters. The highest BCUT2D eigenvalue weighted by molar-refractivity contribution is 6.04. The number of piperidine rings is 1. The quantitative estimate of drug-likeness (QED) is 0.602. The summed E-state index contributed by atoms with van der Waals surface area (Å²) in [5.74, 6) is 0.270. The van der Waals surface area contributed by atoms with Crippen molar-refractivity contribution in [1.29, 1.82) is 0 Å². The summed E-state index contributed by atoms with van der Waals surface area (Å²) in [5.41, 5.74) is 1.02. The van der Waals surface area contributed by atoms with E-state index in [1.54, 1.807) is 23.9 Å². The summed E-state index contributed by atoms with van der Waals surface area (Å²) in [6.07, 6.45) is 9.12. The number of hydrogen-bond acceptors (Lipinski definition) is 5. The molecule has 0 spiro atoms. The highest BCUT2D eigenvalue weighted by Gasteiger charge is 2.50. The molecule has 2 amide bonds. The Labute approximate surface area is 198 Å². The summed E-state index contributed by atoms with van der Waals surface area (Å²) in [4.78, 5) is 27.7. The second-order valence-corrected chi connectivity index (χ2v) is 9.36. The lowest BCUT2D eigenvalue weighted by atomic mass is 9.66. The summed E-state index contributed by atoms with van der Waals surface area (Å²) in [7, 11) is 0. The lowest BCUT2D eigenvalue weighted by Crippen LogP contribution is -2.59. The highest BCUT2D eigenvalue weighted by Crippen LogP contribution is 2.46. The number of hydrogen-bond donors (Lipinski definition) is 2. The fourth-order valence-corrected chi connectivity index (χ4v) is 5.64. The standard InChI is InChI=1S/C26H30N4O4/c1-18-21(11-14-34-18)25(32)28-20-15-27-29(16-20)17-24(31)30-13-12-26(33,19-7-3-2-4-8-19)22-9-5-6-10-23(22)30/h2-4,7-8,11,14-16,22-23,33H,5-6,9-10,12-13,17H2,1H3,(H,28,32)/t22-,23+,26+/m0/s1. The summed E-state index contributed by atoms with van der Waals surface area (Å²) in [6, 6.07) is 11.5. The van der Waals surface area contributed by atoms with Crippen molar-refractivity contribution < 1.29 is 19.1 Å². The minimum absolute atomic E-state index is 0.0130. The van der Waals surface area contributed by atoms with Crippen molar-refractivity contribution in [2.45, 2.75) is 57.2 Å². The van der Waals surface area contributed by atoms with Crippen LogP contribution in [0, 0.1) is 12.8 Å². The van der Waals surface area contributed by atoms with Crippen molar-refractivity contribution in [3.63, 3.8) is 0 Å². The maximum absolute atomic E-state index is 13.3. The van der Waals surface area contributed by atoms with Gasteiger partial charge in [-0.25, -0.2) is 0 Å². The van der Waals surface area contributed by atoms with Gasteiger partial charge in [0.15, 0.2) is 0 Å². The summed E-state index contributed by atoms with van der Waals surface area (Å²) < 4.78 is 6.74. The number of nitrogens with one attached hydrogen (secondary N) is 1. The van der Waals surface area contributed by atoms with Gasteiger partial charge in [0.2, 0.25) is 5.91 Å². The van der Waals surface area contributed by atoms with Crippen LogP contribution < -0.4 is 5.32 Å². The zero-order chi connectivity index (χ0) is 23.7. The number of amides is 2. The van der Waals surface area contributed by atoms with E-state index >= 15 is 0 Å². The van der Waals surface area contributed by atoms with E-state index in [0.29, 0.717) is 30.0 Å². The molecular formula is C26H30N4O4. The Kier molecular flexibility index (Phi) is 6.00. The Morgan fingerprint density at radius 2 is 2.00 bits per heavy atom. The molecule has 2 fully saturated rings. The molecule has 0 bridgehead atoms. The number of carbonyl (C=O) groups excluding carboxylic acids is 2. The van der Waals surface area contributed by atoms with Gasteiger partial charge in [-0.1, -0.05) is 43.2 Å². The Hall–Kier alpha value is -3.39. The van der Waals surface area contributed by atoms with Gasteiger partial charge in [0.05, 0.1) is 29.3 Å². The third-order valence-corrected chi connectivity index (χ3v) is 7.36. The van der Waals surface area contributed by atoms with Crippen LogP contribution in [0.1, 0.15) is 53.8 Å². The summed E-state index contributed by atoms with van der Waals surface area (Å²) >= 11 is 0. The Balaban J connectivity index is 1.27. The van der Waals surface area contributed by atoms with Crippen LogP contribution in [0.5, 0.6) is 0 Å². The number of nitrogens with zero attached hydrogens (tertiary/aromatic N) is 3. The molecular weight excluding hydrogens is 432 g/mol. The van der Waals surface area contributed by atoms with Crippen LogP contribution in [0.2, 0.25) is 0 Å². The molecule has 178 valence electrons. The zero-order valence-corrected chi connectivity index (χ0v) is 19.3. The molecule has 0 radical (unpaired) electrons. The Morgan fingerprint density at radius 1 is 1.21 bits per heavy atom. The number of aliphatic hydroxyl groups is 1. The molecule has 0 unspecified atom stereocenters. The first-order valence-corrected chi connectivity index (χ1v) is 11.9. The van der Waals surface area contributed by atoms with Gasteiger partial charge in [0.25, 0.3) is 5.91 Å². The molecule has 5 rings (SSSR count). The van der Waals surface area contributed by atoms with Crippen molar-refractivity contribution in [1.82, 2.24) is 14.7 Å². The fourth-order valence-electron chi connectivity index (χ4n) is 5.64. The number of anilines is 1. The number of fused-ring (bicyclic) bond motifs is 1. The highest BCUT2D eigenvalue weighted by atomic mass is 16.3. The second kappa shape index (κ2) is 9.10. The molecule has 1 aromatic carbocycles. The van der Waals surface area contributed by atoms with E-state index in [1.807, 2.05) is 35.2 Å². The Morgan fingerprint density at radius 3 is 2.76 bits per heavy atom. The second-order valence-electron chi connectivity index (χ2n) is 9.36. The molecule has 2 N–H and O–H groups in total. The van der Waals surface area contributed by atoms with Gasteiger partial charge in [-0.2, -0.15) is 5.10 Å². The van der Waals surface area contributed by atoms with Gasteiger partial charge in [-0.3, -0.25) is 14.3 Å². The van der Waals surface area contributed by atoms with Crippen LogP contribution in [0.4, 0.5) is 5.69 Å². The molecule has 2 aromatic heterocycles. The van der Waals surface area contributed by atoms with Crippen LogP contribution in [-0.2, 0) is 16.9 Å². The van der Waals surface area contributed by atoms with E-state index in [1.165, 1.54) is 12.5 Å². The number of benzene rings is 1. The number of likely N-dealkylation sites (tertiary alicyclic amines) is 1. The zero-order valence-electron chi connectivity index (χ0n) is 19.3. The maximum Gasteiger partial charge on any atom is 0.259 e. The first-order valence-electron chi connectivity index (χ1n) is 11.9. The van der Waals surface area contributed by atoms with Gasteiger partial charge in [0, 0.05) is 24.7 Å². The first-order chi connectivity index (χ1) is 16.5. The van der Waals surface area contributed by atoms with E-state index in [0.717, 1.165) is 31.2 Å². The number of aryl methyl sites for hydroxylation is 1. The molecule has 34 heavy (non-hydrogen) atoms. The average molecular weight is 463 g/mol. The topological polar surface area (TPSA) is 101 Å². The van der Waals surface area contributed by atoms with Gasteiger partial charge in [-0.05, 0) is 37.8 Å². The normalized spacial score (nSPS) is 24.5. The summed E-state index contributed by atoms with van der Waals surface area (Å²) in [6.45, 7) is 2.33. The van der Waals surface area contributed by atoms with E-state index in [4.69, 9.17) is 4.42 Å². The molecule has 1 aliphatic carbocycles. The number of carbonyl (C=O) groups is 2. The van der Waals surface area contributed by atoms with Gasteiger partial charge in [-0.15, -0.1) is 0 Å². The molecule has 2 aliphatic rings. The number of aromatic nitrogens is 2. The molecule has 3 heterocycles. The molecule has 1 saturated heterocycles. The first kappa shape index (κ1) is 22.4. The van der Waals surface area contributed by atoms with Crippen LogP contribution in [-0.4, -0.2) is 44.2 Å². The van der Waals surface area contributed by atoms with E-state index in [-0.39, 0.29) is 30.3 Å². The van der Waals surface area contributed by atoms with Gasteiger partial charge in [0.1, 0.15) is 12.3 Å². The van der Waals surface area contributed by atoms with E-state index < -0.39 is 5.60 Å². The molecule has 1 aliphatic heterocycles. The predicted octanol–water partition coefficient (Wildman–Crippen LogP) is 3.72. The lowest BCUT2D eigenvalue weighted by Gasteiger charge is -2.52. The van der Waals surface area contributed by atoms with Crippen molar-refractivity contribution in [3.05, 3.63) is 71.9 Å². The molecule has 3 aromatic rings. The van der Waals surface area contributed by atoms with Crippen LogP contribution in [0.15, 0.2) is 59.5 Å². The predicted molar refractivity (Wildman–Crippen MR) is 126 cm³/mol. The fraction of sp³-hybridized carbons (Fsp3) is 0.423. The van der Waals surface area contributed by atoms with Crippen LogP contribution in [0.3, 0.4) is 0 Å². The van der Waals surface area contributed by atoms with Crippen LogP contribution >= 0.6 is 0 Å². The minimum atomic E-state index is -0.905. The monoisotopic (exact) mass is 462 g/mol. The average Bonchev–Trinajstić information content (AvgIpc) is 3.48. The SMILES string of the molecule is Cc1occc1C(=O)Nc1cnn(CC(=O)N2CC[C@@](O)(c3ccccc3)[C@H]3CCCC[C@H]32)c1. The van der Waals surface area contributed by atoms with Gasteiger partial charge < -0.3 is 19.7 Å². The maximum atomic E-state index is 13.3. The number of furan rings is 1. The van der Waals surface area contributed by atoms with E-state index in [2.05, 4.69) is 10.4 Å².